The number of anilines is 2. The zero-order valence-electron chi connectivity index (χ0n) is 16.6. The smallest absolute Gasteiger partial charge is 0.225 e. The van der Waals surface area contributed by atoms with Gasteiger partial charge in [-0.25, -0.2) is 9.67 Å². The van der Waals surface area contributed by atoms with Crippen molar-refractivity contribution in [2.75, 3.05) is 38.4 Å². The largest absolute Gasteiger partial charge is 0.496 e. The van der Waals surface area contributed by atoms with Gasteiger partial charge in [0.2, 0.25) is 5.95 Å². The normalized spacial score (nSPS) is 11.0. The molecule has 0 aliphatic rings. The summed E-state index contributed by atoms with van der Waals surface area (Å²) >= 11 is 6.02. The van der Waals surface area contributed by atoms with Crippen molar-refractivity contribution in [2.45, 2.75) is 0 Å². The van der Waals surface area contributed by atoms with Crippen LogP contribution in [0.15, 0.2) is 48.5 Å². The van der Waals surface area contributed by atoms with Crippen LogP contribution in [-0.4, -0.2) is 47.1 Å². The van der Waals surface area contributed by atoms with Gasteiger partial charge >= 0.3 is 0 Å². The lowest BCUT2D eigenvalue weighted by molar-refractivity contribution is 0.210. The zero-order chi connectivity index (χ0) is 21.1. The molecule has 0 amide bonds. The van der Waals surface area contributed by atoms with Crippen molar-refractivity contribution in [1.29, 1.82) is 0 Å². The van der Waals surface area contributed by atoms with Crippen LogP contribution < -0.4 is 15.8 Å². The number of hydrogen-bond donors (Lipinski definition) is 2. The van der Waals surface area contributed by atoms with Crippen LogP contribution in [0.5, 0.6) is 5.75 Å². The maximum Gasteiger partial charge on any atom is 0.225 e. The molecule has 3 N–H and O–H groups in total. The van der Waals surface area contributed by atoms with E-state index >= 15 is 0 Å². The van der Waals surface area contributed by atoms with Crippen LogP contribution in [0.2, 0.25) is 5.02 Å². The molecule has 2 heterocycles. The van der Waals surface area contributed by atoms with Gasteiger partial charge in [0, 0.05) is 24.2 Å². The number of benzene rings is 2. The standard InChI is InChI=1S/C21H21ClN6O2/c1-29-12-11-24-21-25-18(15-5-3-4-6-16(15)30-2)17-19(23)28(27-20(17)26-21)14-9-7-13(22)8-10-14/h3-10H,11-12,23H2,1-2H3,(H,24,26,27). The summed E-state index contributed by atoms with van der Waals surface area (Å²) in [6, 6.07) is 14.9. The van der Waals surface area contributed by atoms with Crippen LogP contribution in [0.4, 0.5) is 11.8 Å². The number of fused-ring (bicyclic) bond motifs is 1. The third kappa shape index (κ3) is 3.74. The van der Waals surface area contributed by atoms with Crippen LogP contribution in [0, 0.1) is 0 Å². The lowest BCUT2D eigenvalue weighted by atomic mass is 10.1. The van der Waals surface area contributed by atoms with Crippen molar-refractivity contribution in [3.05, 3.63) is 53.6 Å². The molecule has 0 saturated carbocycles. The average molecular weight is 425 g/mol. The molecule has 4 aromatic rings. The zero-order valence-corrected chi connectivity index (χ0v) is 17.3. The van der Waals surface area contributed by atoms with Crippen molar-refractivity contribution >= 4 is 34.4 Å². The molecule has 30 heavy (non-hydrogen) atoms. The van der Waals surface area contributed by atoms with Crippen molar-refractivity contribution in [3.8, 4) is 22.7 Å². The first kappa shape index (κ1) is 19.9. The summed E-state index contributed by atoms with van der Waals surface area (Å²) in [5.41, 5.74) is 9.19. The Morgan fingerprint density at radius 1 is 1.07 bits per heavy atom. The predicted octanol–water partition coefficient (Wildman–Crippen LogP) is 3.79. The Morgan fingerprint density at radius 2 is 1.83 bits per heavy atom. The van der Waals surface area contributed by atoms with Crippen LogP contribution in [-0.2, 0) is 4.74 Å². The quantitative estimate of drug-likeness (QED) is 0.435. The fourth-order valence-corrected chi connectivity index (χ4v) is 3.30. The molecule has 0 fully saturated rings. The Labute approximate surface area is 178 Å². The van der Waals surface area contributed by atoms with Gasteiger partial charge in [0.05, 0.1) is 30.5 Å². The van der Waals surface area contributed by atoms with E-state index in [1.54, 1.807) is 31.0 Å². The van der Waals surface area contributed by atoms with Crippen molar-refractivity contribution in [1.82, 2.24) is 19.7 Å². The van der Waals surface area contributed by atoms with Crippen LogP contribution in [0.25, 0.3) is 28.0 Å². The molecule has 154 valence electrons. The fraction of sp³-hybridized carbons (Fsp3) is 0.190. The lowest BCUT2D eigenvalue weighted by Crippen LogP contribution is -2.11. The second kappa shape index (κ2) is 8.56. The molecule has 0 aliphatic heterocycles. The summed E-state index contributed by atoms with van der Waals surface area (Å²) in [6.07, 6.45) is 0. The van der Waals surface area contributed by atoms with E-state index in [2.05, 4.69) is 15.4 Å². The van der Waals surface area contributed by atoms with Crippen molar-refractivity contribution < 1.29 is 9.47 Å². The first-order valence-corrected chi connectivity index (χ1v) is 9.68. The highest BCUT2D eigenvalue weighted by atomic mass is 35.5. The molecule has 0 radical (unpaired) electrons. The number of halogens is 1. The molecule has 2 aromatic carbocycles. The number of hydrogen-bond acceptors (Lipinski definition) is 7. The molecule has 0 bridgehead atoms. The first-order chi connectivity index (χ1) is 14.6. The minimum Gasteiger partial charge on any atom is -0.496 e. The van der Waals surface area contributed by atoms with Crippen LogP contribution in [0.3, 0.4) is 0 Å². The van der Waals surface area contributed by atoms with Crippen LogP contribution in [0.1, 0.15) is 0 Å². The van der Waals surface area contributed by atoms with Crippen LogP contribution >= 0.6 is 11.6 Å². The number of nitrogens with one attached hydrogen (secondary N) is 1. The molecule has 0 unspecified atom stereocenters. The molecule has 4 rings (SSSR count). The van der Waals surface area contributed by atoms with E-state index in [9.17, 15) is 0 Å². The summed E-state index contributed by atoms with van der Waals surface area (Å²) in [7, 11) is 3.26. The highest BCUT2D eigenvalue weighted by Crippen LogP contribution is 2.37. The van der Waals surface area contributed by atoms with Gasteiger partial charge in [-0.1, -0.05) is 23.7 Å². The number of nitrogens with zero attached hydrogens (tertiary/aromatic N) is 4. The molecule has 9 heteroatoms. The van der Waals surface area contributed by atoms with E-state index in [0.29, 0.717) is 52.4 Å². The average Bonchev–Trinajstić information content (AvgIpc) is 3.10. The Kier molecular flexibility index (Phi) is 5.69. The van der Waals surface area contributed by atoms with Gasteiger partial charge in [0.1, 0.15) is 11.6 Å². The number of rotatable bonds is 7. The third-order valence-corrected chi connectivity index (χ3v) is 4.84. The van der Waals surface area contributed by atoms with Gasteiger partial charge in [-0.15, -0.1) is 5.10 Å². The number of ether oxygens (including phenoxy) is 2. The fourth-order valence-electron chi connectivity index (χ4n) is 3.17. The Balaban J connectivity index is 1.93. The Morgan fingerprint density at radius 3 is 2.57 bits per heavy atom. The minimum absolute atomic E-state index is 0.427. The highest BCUT2D eigenvalue weighted by molar-refractivity contribution is 6.30. The van der Waals surface area contributed by atoms with Gasteiger partial charge in [0.25, 0.3) is 0 Å². The highest BCUT2D eigenvalue weighted by Gasteiger charge is 2.21. The third-order valence-electron chi connectivity index (χ3n) is 4.59. The molecule has 0 atom stereocenters. The number of methoxy groups -OCH3 is 2. The molecule has 0 saturated heterocycles. The Bertz CT molecular complexity index is 1180. The monoisotopic (exact) mass is 424 g/mol. The summed E-state index contributed by atoms with van der Waals surface area (Å²) in [5, 5.41) is 9.07. The molecular weight excluding hydrogens is 404 g/mol. The maximum absolute atomic E-state index is 6.52. The molecule has 2 aromatic heterocycles. The second-order valence-electron chi connectivity index (χ2n) is 6.49. The van der Waals surface area contributed by atoms with E-state index in [0.717, 1.165) is 11.3 Å². The molecular formula is C21H21ClN6O2. The number of nitrogens with two attached hydrogens (primary N) is 1. The van der Waals surface area contributed by atoms with Gasteiger partial charge < -0.3 is 20.5 Å². The van der Waals surface area contributed by atoms with Gasteiger partial charge in [-0.3, -0.25) is 0 Å². The number of nitrogen functional groups attached to an aromatic ring is 1. The van der Waals surface area contributed by atoms with E-state index in [-0.39, 0.29) is 0 Å². The topological polar surface area (TPSA) is 100 Å². The predicted molar refractivity (Wildman–Crippen MR) is 118 cm³/mol. The summed E-state index contributed by atoms with van der Waals surface area (Å²) in [6.45, 7) is 1.08. The lowest BCUT2D eigenvalue weighted by Gasteiger charge is -2.11. The summed E-state index contributed by atoms with van der Waals surface area (Å²) in [5.74, 6) is 1.54. The van der Waals surface area contributed by atoms with E-state index in [1.165, 1.54) is 0 Å². The summed E-state index contributed by atoms with van der Waals surface area (Å²) in [4.78, 5) is 9.28. The van der Waals surface area contributed by atoms with Crippen molar-refractivity contribution in [2.24, 2.45) is 0 Å². The Hall–Kier alpha value is -3.36. The van der Waals surface area contributed by atoms with E-state index in [1.807, 2.05) is 36.4 Å². The van der Waals surface area contributed by atoms with Gasteiger partial charge in [-0.2, -0.15) is 4.98 Å². The van der Waals surface area contributed by atoms with Gasteiger partial charge in [0.15, 0.2) is 5.65 Å². The maximum atomic E-state index is 6.52. The molecule has 0 spiro atoms. The number of aromatic nitrogens is 4. The molecule has 0 aliphatic carbocycles. The summed E-state index contributed by atoms with van der Waals surface area (Å²) < 4.78 is 12.3. The van der Waals surface area contributed by atoms with Gasteiger partial charge in [-0.05, 0) is 36.4 Å². The van der Waals surface area contributed by atoms with Crippen molar-refractivity contribution in [3.63, 3.8) is 0 Å². The minimum atomic E-state index is 0.427. The van der Waals surface area contributed by atoms with E-state index < -0.39 is 0 Å². The first-order valence-electron chi connectivity index (χ1n) is 9.30. The number of para-hydroxylation sites is 1. The SMILES string of the molecule is COCCNc1nc(-c2ccccc2OC)c2c(N)n(-c3ccc(Cl)cc3)nc2n1. The van der Waals surface area contributed by atoms with E-state index in [4.69, 9.17) is 31.8 Å². The molecule has 8 nitrogen and oxygen atoms in total. The second-order valence-corrected chi connectivity index (χ2v) is 6.92.